The Morgan fingerprint density at radius 2 is 0.875 bits per heavy atom. The quantitative estimate of drug-likeness (QED) is 0.413. The number of ketones is 2. The number of rotatable bonds is 0. The van der Waals surface area contributed by atoms with Gasteiger partial charge in [-0.15, -0.1) is 0 Å². The van der Waals surface area contributed by atoms with Gasteiger partial charge in [0.2, 0.25) is 0 Å². The molecule has 0 unspecified atom stereocenters. The first-order valence-electron chi connectivity index (χ1n) is 7.88. The zero-order valence-electron chi connectivity index (χ0n) is 12.7. The molecule has 4 aromatic rings. The average Bonchev–Trinajstić information content (AvgIpc) is 2.64. The second-order valence-electron chi connectivity index (χ2n) is 6.08. The minimum Gasteiger partial charge on any atom is -0.289 e. The van der Waals surface area contributed by atoms with E-state index < -0.39 is 0 Å². The minimum atomic E-state index is -0.0675. The lowest BCUT2D eigenvalue weighted by Gasteiger charge is -2.20. The number of benzene rings is 4. The lowest BCUT2D eigenvalue weighted by Crippen LogP contribution is -2.21. The van der Waals surface area contributed by atoms with E-state index in [0.29, 0.717) is 22.3 Å². The van der Waals surface area contributed by atoms with Crippen molar-refractivity contribution in [3.8, 4) is 0 Å². The largest absolute Gasteiger partial charge is 0.289 e. The Morgan fingerprint density at radius 3 is 1.33 bits per heavy atom. The fourth-order valence-electron chi connectivity index (χ4n) is 3.68. The highest BCUT2D eigenvalue weighted by Gasteiger charge is 2.32. The third-order valence-corrected chi connectivity index (χ3v) is 4.80. The van der Waals surface area contributed by atoms with Gasteiger partial charge in [-0.3, -0.25) is 9.59 Å². The van der Waals surface area contributed by atoms with Gasteiger partial charge in [0.05, 0.1) is 0 Å². The second-order valence-corrected chi connectivity index (χ2v) is 6.08. The predicted molar refractivity (Wildman–Crippen MR) is 94.8 cm³/mol. The Morgan fingerprint density at radius 1 is 0.458 bits per heavy atom. The molecule has 4 aromatic carbocycles. The Labute approximate surface area is 138 Å². The van der Waals surface area contributed by atoms with Crippen molar-refractivity contribution in [2.75, 3.05) is 0 Å². The second kappa shape index (κ2) is 4.62. The number of hydrogen-bond donors (Lipinski definition) is 0. The van der Waals surface area contributed by atoms with E-state index >= 15 is 0 Å². The van der Waals surface area contributed by atoms with Crippen LogP contribution in [0, 0.1) is 0 Å². The minimum absolute atomic E-state index is 0.0675. The summed E-state index contributed by atoms with van der Waals surface area (Å²) in [4.78, 5) is 26.3. The van der Waals surface area contributed by atoms with E-state index in [0.717, 1.165) is 21.5 Å². The summed E-state index contributed by atoms with van der Waals surface area (Å²) in [6, 6.07) is 22.8. The van der Waals surface area contributed by atoms with Crippen molar-refractivity contribution in [2.24, 2.45) is 0 Å². The maximum atomic E-state index is 13.2. The molecule has 0 amide bonds. The van der Waals surface area contributed by atoms with Gasteiger partial charge < -0.3 is 0 Å². The van der Waals surface area contributed by atoms with Gasteiger partial charge >= 0.3 is 0 Å². The molecule has 2 nitrogen and oxygen atoms in total. The molecule has 0 N–H and O–H groups in total. The summed E-state index contributed by atoms with van der Waals surface area (Å²) in [5.74, 6) is -0.135. The van der Waals surface area contributed by atoms with Crippen molar-refractivity contribution < 1.29 is 9.59 Å². The summed E-state index contributed by atoms with van der Waals surface area (Å²) >= 11 is 0. The first-order valence-corrected chi connectivity index (χ1v) is 7.88. The molecule has 0 saturated heterocycles. The first kappa shape index (κ1) is 13.2. The van der Waals surface area contributed by atoms with Crippen molar-refractivity contribution in [1.82, 2.24) is 0 Å². The summed E-state index contributed by atoms with van der Waals surface area (Å²) in [7, 11) is 0. The van der Waals surface area contributed by atoms with Crippen molar-refractivity contribution in [2.45, 2.75) is 0 Å². The van der Waals surface area contributed by atoms with Gasteiger partial charge in [0.15, 0.2) is 11.6 Å². The highest BCUT2D eigenvalue weighted by Crippen LogP contribution is 2.35. The van der Waals surface area contributed by atoms with Gasteiger partial charge in [0, 0.05) is 22.3 Å². The zero-order valence-corrected chi connectivity index (χ0v) is 12.7. The standard InChI is InChI=1S/C22H12O2/c23-21-18-12-10-14-6-2-4-8-16(14)20(18)22(24)17-11-9-13-5-1-3-7-15(13)19(17)21/h1-12H. The van der Waals surface area contributed by atoms with Crippen LogP contribution in [0.3, 0.4) is 0 Å². The van der Waals surface area contributed by atoms with E-state index in [1.807, 2.05) is 60.7 Å². The monoisotopic (exact) mass is 308 g/mol. The molecule has 0 saturated carbocycles. The number of carbonyl (C=O) groups excluding carboxylic acids is 2. The lowest BCUT2D eigenvalue weighted by atomic mass is 9.80. The van der Waals surface area contributed by atoms with Gasteiger partial charge in [-0.25, -0.2) is 0 Å². The number of fused-ring (bicyclic) bond motifs is 6. The van der Waals surface area contributed by atoms with Crippen molar-refractivity contribution in [3.05, 3.63) is 95.1 Å². The molecule has 5 rings (SSSR count). The predicted octanol–water partition coefficient (Wildman–Crippen LogP) is 4.77. The molecule has 24 heavy (non-hydrogen) atoms. The van der Waals surface area contributed by atoms with Crippen LogP contribution in [0.15, 0.2) is 72.8 Å². The average molecular weight is 308 g/mol. The Hall–Kier alpha value is -3.26. The molecule has 1 aliphatic rings. The van der Waals surface area contributed by atoms with E-state index in [2.05, 4.69) is 0 Å². The highest BCUT2D eigenvalue weighted by molar-refractivity contribution is 6.35. The van der Waals surface area contributed by atoms with Gasteiger partial charge in [0.25, 0.3) is 0 Å². The summed E-state index contributed by atoms with van der Waals surface area (Å²) in [6.07, 6.45) is 0. The van der Waals surface area contributed by atoms with Crippen LogP contribution in [0.5, 0.6) is 0 Å². The van der Waals surface area contributed by atoms with E-state index in [4.69, 9.17) is 0 Å². The molecule has 0 radical (unpaired) electrons. The molecule has 0 fully saturated rings. The van der Waals surface area contributed by atoms with Crippen LogP contribution < -0.4 is 0 Å². The van der Waals surface area contributed by atoms with Crippen molar-refractivity contribution in [3.63, 3.8) is 0 Å². The summed E-state index contributed by atoms with van der Waals surface area (Å²) in [5.41, 5.74) is 2.06. The van der Waals surface area contributed by atoms with Gasteiger partial charge in [-0.2, -0.15) is 0 Å². The molecule has 0 atom stereocenters. The Bertz CT molecular complexity index is 1090. The lowest BCUT2D eigenvalue weighted by molar-refractivity contribution is 0.0981. The smallest absolute Gasteiger partial charge is 0.195 e. The summed E-state index contributed by atoms with van der Waals surface area (Å²) in [5, 5.41) is 3.63. The molecule has 0 aliphatic heterocycles. The van der Waals surface area contributed by atoms with Crippen LogP contribution in [0.4, 0.5) is 0 Å². The zero-order chi connectivity index (χ0) is 16.3. The SMILES string of the molecule is O=C1c2ccc3ccccc3c2C(=O)c2ccc3ccccc3c21. The van der Waals surface area contributed by atoms with Crippen LogP contribution in [0.25, 0.3) is 21.5 Å². The summed E-state index contributed by atoms with van der Waals surface area (Å²) in [6.45, 7) is 0. The van der Waals surface area contributed by atoms with Crippen LogP contribution in [0.2, 0.25) is 0 Å². The number of hydrogen-bond acceptors (Lipinski definition) is 2. The highest BCUT2D eigenvalue weighted by atomic mass is 16.1. The van der Waals surface area contributed by atoms with E-state index in [-0.39, 0.29) is 11.6 Å². The van der Waals surface area contributed by atoms with E-state index in [9.17, 15) is 9.59 Å². The fraction of sp³-hybridized carbons (Fsp3) is 0. The van der Waals surface area contributed by atoms with Crippen LogP contribution in [-0.2, 0) is 0 Å². The first-order chi connectivity index (χ1) is 11.8. The molecular formula is C22H12O2. The normalized spacial score (nSPS) is 13.2. The maximum absolute atomic E-state index is 13.2. The molecule has 2 heteroatoms. The fourth-order valence-corrected chi connectivity index (χ4v) is 3.68. The molecule has 0 heterocycles. The molecule has 112 valence electrons. The van der Waals surface area contributed by atoms with Crippen molar-refractivity contribution >= 4 is 33.1 Å². The van der Waals surface area contributed by atoms with Gasteiger partial charge in [0.1, 0.15) is 0 Å². The molecule has 0 aromatic heterocycles. The molecule has 0 spiro atoms. The van der Waals surface area contributed by atoms with Gasteiger partial charge in [-0.1, -0.05) is 60.7 Å². The molecule has 1 aliphatic carbocycles. The topological polar surface area (TPSA) is 34.1 Å². The van der Waals surface area contributed by atoms with Gasteiger partial charge in [-0.05, 0) is 33.7 Å². The van der Waals surface area contributed by atoms with Crippen LogP contribution in [-0.4, -0.2) is 11.6 Å². The Balaban J connectivity index is 1.92. The van der Waals surface area contributed by atoms with E-state index in [1.165, 1.54) is 0 Å². The Kier molecular flexibility index (Phi) is 2.54. The molecular weight excluding hydrogens is 296 g/mol. The van der Waals surface area contributed by atoms with Crippen LogP contribution >= 0.6 is 0 Å². The number of carbonyl (C=O) groups is 2. The van der Waals surface area contributed by atoms with E-state index in [1.54, 1.807) is 12.1 Å². The van der Waals surface area contributed by atoms with Crippen molar-refractivity contribution in [1.29, 1.82) is 0 Å². The maximum Gasteiger partial charge on any atom is 0.195 e. The summed E-state index contributed by atoms with van der Waals surface area (Å²) < 4.78 is 0. The molecule has 0 bridgehead atoms. The third kappa shape index (κ3) is 1.60. The van der Waals surface area contributed by atoms with Crippen LogP contribution in [0.1, 0.15) is 31.8 Å². The third-order valence-electron chi connectivity index (χ3n) is 4.80.